The molecule has 1 heterocycles. The van der Waals surface area contributed by atoms with Crippen molar-refractivity contribution in [3.63, 3.8) is 0 Å². The molecule has 2 rings (SSSR count). The molecule has 1 aromatic rings. The van der Waals surface area contributed by atoms with Crippen LogP contribution in [0.25, 0.3) is 0 Å². The molecule has 0 spiro atoms. The zero-order valence-corrected chi connectivity index (χ0v) is 13.6. The second kappa shape index (κ2) is 5.91. The number of hydrogen-bond acceptors (Lipinski definition) is 5. The number of amides is 1. The number of carbonyl (C=O) groups excluding carboxylic acids is 1. The van der Waals surface area contributed by atoms with E-state index in [1.165, 1.54) is 19.1 Å². The molecular formula is C14H18N2O6S. The molecule has 1 aromatic carbocycles. The molecule has 1 unspecified atom stereocenters. The Morgan fingerprint density at radius 2 is 2.00 bits per heavy atom. The van der Waals surface area contributed by atoms with Gasteiger partial charge in [0.15, 0.2) is 0 Å². The molecule has 1 atom stereocenters. The summed E-state index contributed by atoms with van der Waals surface area (Å²) in [6.45, 7) is 3.04. The van der Waals surface area contributed by atoms with Gasteiger partial charge in [0, 0.05) is 13.0 Å². The van der Waals surface area contributed by atoms with Crippen LogP contribution in [0, 0.1) is 13.8 Å². The van der Waals surface area contributed by atoms with Crippen LogP contribution in [-0.2, 0) is 19.6 Å². The highest BCUT2D eigenvalue weighted by Gasteiger charge is 2.44. The first-order chi connectivity index (χ1) is 10.6. The largest absolute Gasteiger partial charge is 0.478 e. The average molecular weight is 342 g/mol. The summed E-state index contributed by atoms with van der Waals surface area (Å²) in [5, 5.41) is 9.25. The Morgan fingerprint density at radius 1 is 1.35 bits per heavy atom. The molecule has 0 bridgehead atoms. The van der Waals surface area contributed by atoms with Gasteiger partial charge in [-0.25, -0.2) is 13.2 Å². The van der Waals surface area contributed by atoms with E-state index in [-0.39, 0.29) is 35.7 Å². The van der Waals surface area contributed by atoms with Crippen molar-refractivity contribution in [1.82, 2.24) is 4.72 Å². The minimum atomic E-state index is -4.14. The summed E-state index contributed by atoms with van der Waals surface area (Å²) in [5.74, 6) is -2.05. The fourth-order valence-electron chi connectivity index (χ4n) is 2.65. The smallest absolute Gasteiger partial charge is 0.336 e. The van der Waals surface area contributed by atoms with E-state index in [9.17, 15) is 23.1 Å². The minimum absolute atomic E-state index is 0.0799. The molecule has 23 heavy (non-hydrogen) atoms. The third-order valence-corrected chi connectivity index (χ3v) is 5.63. The van der Waals surface area contributed by atoms with Crippen LogP contribution in [0.1, 0.15) is 27.9 Å². The normalized spacial score (nSPS) is 21.3. The number of carboxylic acids is 1. The van der Waals surface area contributed by atoms with Gasteiger partial charge in [0.25, 0.3) is 0 Å². The molecule has 1 aliphatic heterocycles. The third-order valence-electron chi connectivity index (χ3n) is 3.95. The molecule has 1 aliphatic rings. The number of carboxylic acid groups (broad SMARTS) is 1. The monoisotopic (exact) mass is 342 g/mol. The highest BCUT2D eigenvalue weighted by Crippen LogP contribution is 2.26. The van der Waals surface area contributed by atoms with Gasteiger partial charge in [-0.05, 0) is 31.0 Å². The molecule has 0 radical (unpaired) electrons. The topological polar surface area (TPSA) is 136 Å². The number of benzene rings is 1. The number of primary amides is 1. The number of carbonyl (C=O) groups is 2. The van der Waals surface area contributed by atoms with Gasteiger partial charge in [-0.2, -0.15) is 4.72 Å². The molecule has 0 saturated carbocycles. The maximum absolute atomic E-state index is 12.6. The summed E-state index contributed by atoms with van der Waals surface area (Å²) in [5.41, 5.74) is 4.27. The molecule has 1 amide bonds. The Balaban J connectivity index is 2.51. The first kappa shape index (κ1) is 17.4. The molecule has 1 saturated heterocycles. The van der Waals surface area contributed by atoms with Crippen molar-refractivity contribution in [2.24, 2.45) is 5.73 Å². The van der Waals surface area contributed by atoms with Crippen LogP contribution in [0.15, 0.2) is 17.0 Å². The van der Waals surface area contributed by atoms with Gasteiger partial charge in [-0.15, -0.1) is 0 Å². The highest BCUT2D eigenvalue weighted by atomic mass is 32.2. The summed E-state index contributed by atoms with van der Waals surface area (Å²) in [6, 6.07) is 2.72. The predicted molar refractivity (Wildman–Crippen MR) is 80.6 cm³/mol. The van der Waals surface area contributed by atoms with Crippen LogP contribution >= 0.6 is 0 Å². The van der Waals surface area contributed by atoms with Crippen molar-refractivity contribution >= 4 is 21.9 Å². The Kier molecular flexibility index (Phi) is 4.47. The van der Waals surface area contributed by atoms with Crippen LogP contribution < -0.4 is 10.5 Å². The number of aromatic carboxylic acids is 1. The van der Waals surface area contributed by atoms with Gasteiger partial charge < -0.3 is 15.6 Å². The van der Waals surface area contributed by atoms with E-state index in [0.29, 0.717) is 5.56 Å². The average Bonchev–Trinajstić information content (AvgIpc) is 2.87. The van der Waals surface area contributed by atoms with Crippen LogP contribution in [-0.4, -0.2) is 44.2 Å². The number of nitrogens with one attached hydrogen (secondary N) is 1. The number of sulfonamides is 1. The summed E-state index contributed by atoms with van der Waals surface area (Å²) in [4.78, 5) is 22.8. The predicted octanol–water partition coefficient (Wildman–Crippen LogP) is -0.0757. The lowest BCUT2D eigenvalue weighted by molar-refractivity contribution is -0.123. The molecule has 0 aliphatic carbocycles. The lowest BCUT2D eigenvalue weighted by atomic mass is 10.0. The van der Waals surface area contributed by atoms with E-state index in [4.69, 9.17) is 10.5 Å². The number of ether oxygens (including phenoxy) is 1. The quantitative estimate of drug-likeness (QED) is 0.685. The van der Waals surface area contributed by atoms with Crippen LogP contribution in [0.5, 0.6) is 0 Å². The summed E-state index contributed by atoms with van der Waals surface area (Å²) < 4.78 is 32.7. The maximum atomic E-state index is 12.6. The lowest BCUT2D eigenvalue weighted by Crippen LogP contribution is -2.58. The van der Waals surface area contributed by atoms with Crippen LogP contribution in [0.4, 0.5) is 0 Å². The number of hydrogen-bond donors (Lipinski definition) is 3. The fraction of sp³-hybridized carbons (Fsp3) is 0.429. The second-order valence-corrected chi connectivity index (χ2v) is 7.19. The van der Waals surface area contributed by atoms with E-state index in [1.54, 1.807) is 6.92 Å². The Labute approximate surface area is 133 Å². The third kappa shape index (κ3) is 3.07. The molecular weight excluding hydrogens is 324 g/mol. The molecule has 126 valence electrons. The second-order valence-electron chi connectivity index (χ2n) is 5.54. The van der Waals surface area contributed by atoms with E-state index < -0.39 is 27.4 Å². The van der Waals surface area contributed by atoms with Gasteiger partial charge in [0.2, 0.25) is 15.9 Å². The first-order valence-corrected chi connectivity index (χ1v) is 8.34. The first-order valence-electron chi connectivity index (χ1n) is 6.86. The van der Waals surface area contributed by atoms with Crippen molar-refractivity contribution in [2.45, 2.75) is 30.7 Å². The van der Waals surface area contributed by atoms with E-state index in [2.05, 4.69) is 4.72 Å². The summed E-state index contributed by atoms with van der Waals surface area (Å²) >= 11 is 0. The van der Waals surface area contributed by atoms with Gasteiger partial charge in [0.05, 0.1) is 17.1 Å². The standard InChI is InChI=1S/C14H18N2O6S/c1-8-3-4-10(9(2)11(8)12(17)18)23(20,21)16-14(13(15)19)5-6-22-7-14/h3-4,16H,5-7H2,1-2H3,(H2,15,19)(H,17,18). The van der Waals surface area contributed by atoms with E-state index in [0.717, 1.165) is 0 Å². The zero-order valence-electron chi connectivity index (χ0n) is 12.8. The van der Waals surface area contributed by atoms with Crippen molar-refractivity contribution in [2.75, 3.05) is 13.2 Å². The van der Waals surface area contributed by atoms with Gasteiger partial charge >= 0.3 is 5.97 Å². The minimum Gasteiger partial charge on any atom is -0.478 e. The molecule has 1 fully saturated rings. The summed E-state index contributed by atoms with van der Waals surface area (Å²) in [7, 11) is -4.14. The lowest BCUT2D eigenvalue weighted by Gasteiger charge is -2.25. The van der Waals surface area contributed by atoms with Crippen molar-refractivity contribution < 1.29 is 27.9 Å². The molecule has 4 N–H and O–H groups in total. The van der Waals surface area contributed by atoms with Gasteiger partial charge in [0.1, 0.15) is 5.54 Å². The van der Waals surface area contributed by atoms with Gasteiger partial charge in [-0.1, -0.05) is 6.07 Å². The van der Waals surface area contributed by atoms with E-state index in [1.807, 2.05) is 0 Å². The Bertz CT molecular complexity index is 766. The number of aryl methyl sites for hydroxylation is 1. The van der Waals surface area contributed by atoms with Crippen LogP contribution in [0.3, 0.4) is 0 Å². The number of rotatable bonds is 5. The zero-order chi connectivity index (χ0) is 17.4. The van der Waals surface area contributed by atoms with Crippen molar-refractivity contribution in [3.8, 4) is 0 Å². The SMILES string of the molecule is Cc1ccc(S(=O)(=O)NC2(C(N)=O)CCOC2)c(C)c1C(=O)O. The molecule has 9 heteroatoms. The Hall–Kier alpha value is -1.97. The highest BCUT2D eigenvalue weighted by molar-refractivity contribution is 7.89. The van der Waals surface area contributed by atoms with Gasteiger partial charge in [-0.3, -0.25) is 4.79 Å². The van der Waals surface area contributed by atoms with E-state index >= 15 is 0 Å². The maximum Gasteiger partial charge on any atom is 0.336 e. The fourth-order valence-corrected chi connectivity index (χ4v) is 4.29. The van der Waals surface area contributed by atoms with Crippen molar-refractivity contribution in [1.29, 1.82) is 0 Å². The molecule has 8 nitrogen and oxygen atoms in total. The summed E-state index contributed by atoms with van der Waals surface area (Å²) in [6.07, 6.45) is 0.123. The molecule has 0 aromatic heterocycles. The van der Waals surface area contributed by atoms with Crippen LogP contribution in [0.2, 0.25) is 0 Å². The van der Waals surface area contributed by atoms with Crippen molar-refractivity contribution in [3.05, 3.63) is 28.8 Å². The number of nitrogens with two attached hydrogens (primary N) is 1. The Morgan fingerprint density at radius 3 is 2.48 bits per heavy atom.